The molecule has 0 saturated carbocycles. The molecule has 40 valence electrons. The predicted octanol–water partition coefficient (Wildman–Crippen LogP) is -0.956. The second kappa shape index (κ2) is 3.59. The van der Waals surface area contributed by atoms with Gasteiger partial charge in [-0.25, -0.2) is 0 Å². The van der Waals surface area contributed by atoms with Crippen LogP contribution in [0.15, 0.2) is 0 Å². The number of rotatable bonds is 2. The molecule has 0 saturated heterocycles. The van der Waals surface area contributed by atoms with Crippen LogP contribution in [0, 0.1) is 17.2 Å². The average molecular weight is 99.1 g/mol. The van der Waals surface area contributed by atoms with E-state index in [4.69, 9.17) is 16.7 Å². The number of hydrogen-bond donors (Lipinski definition) is 2. The monoisotopic (exact) mass is 99.1 g/mol. The van der Waals surface area contributed by atoms with Crippen LogP contribution in [-0.2, 0) is 0 Å². The summed E-state index contributed by atoms with van der Waals surface area (Å²) in [6, 6.07) is 1.95. The molecular weight excluding hydrogens is 90.1 g/mol. The molecule has 0 fully saturated rings. The number of nitrogens with two attached hydrogens (primary N) is 2. The molecule has 0 aliphatic heterocycles. The van der Waals surface area contributed by atoms with E-state index >= 15 is 0 Å². The zero-order valence-corrected chi connectivity index (χ0v) is 4.09. The molecule has 0 amide bonds. The highest BCUT2D eigenvalue weighted by Gasteiger charge is 1.97. The molecule has 0 atom stereocenters. The van der Waals surface area contributed by atoms with Crippen LogP contribution < -0.4 is 11.5 Å². The fraction of sp³-hybridized carbons (Fsp3) is 0.750. The van der Waals surface area contributed by atoms with E-state index in [-0.39, 0.29) is 5.92 Å². The van der Waals surface area contributed by atoms with Crippen LogP contribution >= 0.6 is 0 Å². The molecule has 0 spiro atoms. The normalized spacial score (nSPS) is 8.86. The van der Waals surface area contributed by atoms with Crippen molar-refractivity contribution >= 4 is 0 Å². The van der Waals surface area contributed by atoms with Crippen molar-refractivity contribution in [2.75, 3.05) is 13.1 Å². The van der Waals surface area contributed by atoms with Gasteiger partial charge in [0.05, 0.1) is 12.0 Å². The molecule has 0 aromatic heterocycles. The number of nitriles is 1. The fourth-order valence-corrected chi connectivity index (χ4v) is 0.202. The number of hydrogen-bond acceptors (Lipinski definition) is 3. The van der Waals surface area contributed by atoms with Gasteiger partial charge in [0.25, 0.3) is 0 Å². The molecule has 4 N–H and O–H groups in total. The van der Waals surface area contributed by atoms with Crippen molar-refractivity contribution in [2.24, 2.45) is 17.4 Å². The van der Waals surface area contributed by atoms with Gasteiger partial charge in [0.15, 0.2) is 0 Å². The summed E-state index contributed by atoms with van der Waals surface area (Å²) in [4.78, 5) is 0. The van der Waals surface area contributed by atoms with Gasteiger partial charge < -0.3 is 11.5 Å². The molecular formula is C4H9N3. The standard InChI is InChI=1S/C4H9N3/c5-1-4(2-6)3-7/h4H,1-2,5-6H2. The van der Waals surface area contributed by atoms with Gasteiger partial charge in [0.1, 0.15) is 0 Å². The lowest BCUT2D eigenvalue weighted by atomic mass is 10.2. The number of nitrogens with zero attached hydrogens (tertiary/aromatic N) is 1. The third-order valence-electron chi connectivity index (χ3n) is 0.752. The van der Waals surface area contributed by atoms with Gasteiger partial charge in [0.2, 0.25) is 0 Å². The fourth-order valence-electron chi connectivity index (χ4n) is 0.202. The molecule has 0 aromatic rings. The van der Waals surface area contributed by atoms with Crippen LogP contribution in [0.5, 0.6) is 0 Å². The van der Waals surface area contributed by atoms with Crippen molar-refractivity contribution in [3.05, 3.63) is 0 Å². The van der Waals surface area contributed by atoms with Crippen molar-refractivity contribution in [1.82, 2.24) is 0 Å². The first-order valence-electron chi connectivity index (χ1n) is 2.15. The Labute approximate surface area is 42.9 Å². The molecule has 0 aromatic carbocycles. The maximum absolute atomic E-state index is 8.12. The molecule has 0 radical (unpaired) electrons. The van der Waals surface area contributed by atoms with Crippen LogP contribution in [0.25, 0.3) is 0 Å². The summed E-state index contributed by atoms with van der Waals surface area (Å²) in [5.41, 5.74) is 10.2. The Hall–Kier alpha value is -0.590. The topological polar surface area (TPSA) is 75.8 Å². The van der Waals surface area contributed by atoms with E-state index in [1.54, 1.807) is 0 Å². The van der Waals surface area contributed by atoms with Gasteiger partial charge in [0, 0.05) is 13.1 Å². The van der Waals surface area contributed by atoms with Crippen molar-refractivity contribution < 1.29 is 0 Å². The highest BCUT2D eigenvalue weighted by Crippen LogP contribution is 1.82. The van der Waals surface area contributed by atoms with Crippen molar-refractivity contribution in [1.29, 1.82) is 5.26 Å². The summed E-state index contributed by atoms with van der Waals surface area (Å²) in [5, 5.41) is 8.12. The van der Waals surface area contributed by atoms with E-state index in [9.17, 15) is 0 Å². The molecule has 7 heavy (non-hydrogen) atoms. The Kier molecular flexibility index (Phi) is 3.29. The Morgan fingerprint density at radius 3 is 1.86 bits per heavy atom. The Morgan fingerprint density at radius 1 is 1.43 bits per heavy atom. The first kappa shape index (κ1) is 6.41. The van der Waals surface area contributed by atoms with Gasteiger partial charge in [-0.15, -0.1) is 0 Å². The van der Waals surface area contributed by atoms with Crippen LogP contribution in [-0.4, -0.2) is 13.1 Å². The van der Waals surface area contributed by atoms with E-state index in [0.717, 1.165) is 0 Å². The third kappa shape index (κ3) is 2.15. The minimum Gasteiger partial charge on any atom is -0.329 e. The first-order chi connectivity index (χ1) is 3.35. The minimum absolute atomic E-state index is 0.153. The molecule has 0 rings (SSSR count). The minimum atomic E-state index is -0.153. The lowest BCUT2D eigenvalue weighted by Gasteiger charge is -1.95. The lowest BCUT2D eigenvalue weighted by molar-refractivity contribution is 0.688. The van der Waals surface area contributed by atoms with Crippen LogP contribution in [0.3, 0.4) is 0 Å². The second-order valence-electron chi connectivity index (χ2n) is 1.30. The third-order valence-corrected chi connectivity index (χ3v) is 0.752. The quantitative estimate of drug-likeness (QED) is 0.468. The predicted molar refractivity (Wildman–Crippen MR) is 27.2 cm³/mol. The summed E-state index contributed by atoms with van der Waals surface area (Å²) >= 11 is 0. The summed E-state index contributed by atoms with van der Waals surface area (Å²) in [6.45, 7) is 0.736. The first-order valence-corrected chi connectivity index (χ1v) is 2.15. The lowest BCUT2D eigenvalue weighted by Crippen LogP contribution is -2.21. The highest BCUT2D eigenvalue weighted by molar-refractivity contribution is 4.83. The van der Waals surface area contributed by atoms with Gasteiger partial charge >= 0.3 is 0 Å². The Balaban J connectivity index is 3.23. The van der Waals surface area contributed by atoms with Crippen molar-refractivity contribution in [3.63, 3.8) is 0 Å². The maximum atomic E-state index is 8.12. The van der Waals surface area contributed by atoms with E-state index < -0.39 is 0 Å². The summed E-state index contributed by atoms with van der Waals surface area (Å²) in [5.74, 6) is -0.153. The zero-order valence-electron chi connectivity index (χ0n) is 4.09. The molecule has 0 aliphatic carbocycles. The zero-order chi connectivity index (χ0) is 5.70. The van der Waals surface area contributed by atoms with Crippen molar-refractivity contribution in [2.45, 2.75) is 0 Å². The Bertz CT molecular complexity index is 69.5. The van der Waals surface area contributed by atoms with Crippen LogP contribution in [0.2, 0.25) is 0 Å². The van der Waals surface area contributed by atoms with Crippen LogP contribution in [0.1, 0.15) is 0 Å². The Morgan fingerprint density at radius 2 is 1.86 bits per heavy atom. The molecule has 3 heteroatoms. The molecule has 0 aliphatic rings. The van der Waals surface area contributed by atoms with E-state index in [1.807, 2.05) is 6.07 Å². The summed E-state index contributed by atoms with van der Waals surface area (Å²) in [6.07, 6.45) is 0. The second-order valence-corrected chi connectivity index (χ2v) is 1.30. The smallest absolute Gasteiger partial charge is 0.0707 e. The summed E-state index contributed by atoms with van der Waals surface area (Å²) < 4.78 is 0. The van der Waals surface area contributed by atoms with Gasteiger partial charge in [-0.1, -0.05) is 0 Å². The van der Waals surface area contributed by atoms with Gasteiger partial charge in [-0.2, -0.15) is 5.26 Å². The molecule has 0 heterocycles. The van der Waals surface area contributed by atoms with E-state index in [0.29, 0.717) is 13.1 Å². The molecule has 0 bridgehead atoms. The SMILES string of the molecule is N#CC(CN)CN. The highest BCUT2D eigenvalue weighted by atomic mass is 14.6. The van der Waals surface area contributed by atoms with Crippen molar-refractivity contribution in [3.8, 4) is 6.07 Å². The maximum Gasteiger partial charge on any atom is 0.0707 e. The largest absolute Gasteiger partial charge is 0.329 e. The summed E-state index contributed by atoms with van der Waals surface area (Å²) in [7, 11) is 0. The molecule has 3 nitrogen and oxygen atoms in total. The molecule has 0 unspecified atom stereocenters. The average Bonchev–Trinajstić information content (AvgIpc) is 1.72. The van der Waals surface area contributed by atoms with Crippen LogP contribution in [0.4, 0.5) is 0 Å². The van der Waals surface area contributed by atoms with E-state index in [2.05, 4.69) is 0 Å². The van der Waals surface area contributed by atoms with Gasteiger partial charge in [-0.05, 0) is 0 Å². The van der Waals surface area contributed by atoms with E-state index in [1.165, 1.54) is 0 Å². The van der Waals surface area contributed by atoms with Gasteiger partial charge in [-0.3, -0.25) is 0 Å².